The highest BCUT2D eigenvalue weighted by Gasteiger charge is 2.23. The standard InChI is InChI=1S/C23H25ClN4O2S/c1-16-6-5-13-27(14-16)21(29)15-31-23-26-25-22(19-7-3-4-8-20(19)30-2)28(23)18-11-9-17(24)10-12-18/h3-4,7-12,16H,5-6,13-15H2,1-2H3. The molecule has 162 valence electrons. The van der Waals surface area contributed by atoms with Crippen LogP contribution in [0.15, 0.2) is 53.7 Å². The number of thioether (sulfide) groups is 1. The van der Waals surface area contributed by atoms with Crippen molar-refractivity contribution in [3.8, 4) is 22.8 Å². The van der Waals surface area contributed by atoms with E-state index in [0.717, 1.165) is 30.8 Å². The van der Waals surface area contributed by atoms with Crippen LogP contribution < -0.4 is 4.74 Å². The fraction of sp³-hybridized carbons (Fsp3) is 0.348. The predicted octanol–water partition coefficient (Wildman–Crippen LogP) is 4.95. The summed E-state index contributed by atoms with van der Waals surface area (Å²) < 4.78 is 7.49. The number of ether oxygens (including phenoxy) is 1. The molecule has 1 atom stereocenters. The van der Waals surface area contributed by atoms with Crippen LogP contribution in [0.2, 0.25) is 5.02 Å². The Morgan fingerprint density at radius 3 is 2.71 bits per heavy atom. The van der Waals surface area contributed by atoms with Gasteiger partial charge < -0.3 is 9.64 Å². The molecular formula is C23H25ClN4O2S. The zero-order valence-corrected chi connectivity index (χ0v) is 19.2. The van der Waals surface area contributed by atoms with E-state index >= 15 is 0 Å². The topological polar surface area (TPSA) is 60.3 Å². The van der Waals surface area contributed by atoms with Gasteiger partial charge in [-0.25, -0.2) is 0 Å². The third-order valence-corrected chi connectivity index (χ3v) is 6.57. The Bertz CT molecular complexity index is 1050. The lowest BCUT2D eigenvalue weighted by Crippen LogP contribution is -2.40. The van der Waals surface area contributed by atoms with Crippen molar-refractivity contribution in [3.05, 3.63) is 53.6 Å². The van der Waals surface area contributed by atoms with E-state index in [4.69, 9.17) is 16.3 Å². The lowest BCUT2D eigenvalue weighted by Gasteiger charge is -2.30. The number of nitrogens with zero attached hydrogens (tertiary/aromatic N) is 4. The summed E-state index contributed by atoms with van der Waals surface area (Å²) in [4.78, 5) is 14.8. The molecule has 1 unspecified atom stereocenters. The number of rotatable bonds is 6. The minimum Gasteiger partial charge on any atom is -0.496 e. The molecule has 1 aliphatic rings. The van der Waals surface area contributed by atoms with Crippen LogP contribution in [-0.4, -0.2) is 51.5 Å². The van der Waals surface area contributed by atoms with Crippen molar-refractivity contribution in [2.75, 3.05) is 26.0 Å². The van der Waals surface area contributed by atoms with Gasteiger partial charge in [0.15, 0.2) is 11.0 Å². The highest BCUT2D eigenvalue weighted by molar-refractivity contribution is 7.99. The molecule has 3 aromatic rings. The van der Waals surface area contributed by atoms with E-state index in [1.165, 1.54) is 18.2 Å². The van der Waals surface area contributed by atoms with Gasteiger partial charge in [0, 0.05) is 23.8 Å². The summed E-state index contributed by atoms with van der Waals surface area (Å²) in [7, 11) is 1.63. The van der Waals surface area contributed by atoms with Gasteiger partial charge in [0.2, 0.25) is 5.91 Å². The molecule has 1 fully saturated rings. The molecule has 2 aromatic carbocycles. The Kier molecular flexibility index (Phi) is 6.83. The Hall–Kier alpha value is -2.51. The first-order valence-corrected chi connectivity index (χ1v) is 11.7. The molecule has 0 N–H and O–H groups in total. The van der Waals surface area contributed by atoms with Gasteiger partial charge in [-0.1, -0.05) is 42.4 Å². The van der Waals surface area contributed by atoms with Gasteiger partial charge >= 0.3 is 0 Å². The highest BCUT2D eigenvalue weighted by atomic mass is 35.5. The van der Waals surface area contributed by atoms with Crippen LogP contribution in [0.3, 0.4) is 0 Å². The van der Waals surface area contributed by atoms with E-state index in [-0.39, 0.29) is 5.91 Å². The summed E-state index contributed by atoms with van der Waals surface area (Å²) in [5, 5.41) is 10.2. The van der Waals surface area contributed by atoms with Crippen molar-refractivity contribution < 1.29 is 9.53 Å². The van der Waals surface area contributed by atoms with Gasteiger partial charge in [-0.15, -0.1) is 10.2 Å². The smallest absolute Gasteiger partial charge is 0.233 e. The normalized spacial score (nSPS) is 16.4. The number of piperidine rings is 1. The molecule has 8 heteroatoms. The summed E-state index contributed by atoms with van der Waals surface area (Å²) >= 11 is 7.50. The molecule has 6 nitrogen and oxygen atoms in total. The lowest BCUT2D eigenvalue weighted by atomic mass is 10.0. The molecule has 4 rings (SSSR count). The van der Waals surface area contributed by atoms with Crippen molar-refractivity contribution in [3.63, 3.8) is 0 Å². The maximum Gasteiger partial charge on any atom is 0.233 e. The number of carbonyl (C=O) groups excluding carboxylic acids is 1. The second-order valence-electron chi connectivity index (χ2n) is 7.69. The Balaban J connectivity index is 1.65. The highest BCUT2D eigenvalue weighted by Crippen LogP contribution is 2.33. The van der Waals surface area contributed by atoms with Crippen LogP contribution in [0.5, 0.6) is 5.75 Å². The van der Waals surface area contributed by atoms with E-state index < -0.39 is 0 Å². The Labute approximate surface area is 191 Å². The van der Waals surface area contributed by atoms with Crippen LogP contribution in [0.1, 0.15) is 19.8 Å². The maximum atomic E-state index is 12.8. The van der Waals surface area contributed by atoms with Gasteiger partial charge in [0.05, 0.1) is 18.4 Å². The van der Waals surface area contributed by atoms with E-state index in [0.29, 0.717) is 33.4 Å². The number of likely N-dealkylation sites (tertiary alicyclic amines) is 1. The molecule has 1 aromatic heterocycles. The number of benzene rings is 2. The number of hydrogen-bond acceptors (Lipinski definition) is 5. The summed E-state index contributed by atoms with van der Waals surface area (Å²) in [6.45, 7) is 3.86. The molecule has 0 spiro atoms. The van der Waals surface area contributed by atoms with Gasteiger partial charge in [-0.05, 0) is 55.2 Å². The molecule has 0 aliphatic carbocycles. The molecule has 31 heavy (non-hydrogen) atoms. The first-order valence-electron chi connectivity index (χ1n) is 10.3. The SMILES string of the molecule is COc1ccccc1-c1nnc(SCC(=O)N2CCCC(C)C2)n1-c1ccc(Cl)cc1. The molecule has 1 amide bonds. The van der Waals surface area contributed by atoms with Crippen LogP contribution >= 0.6 is 23.4 Å². The molecular weight excluding hydrogens is 432 g/mol. The van der Waals surface area contributed by atoms with Gasteiger partial charge in [0.1, 0.15) is 5.75 Å². The van der Waals surface area contributed by atoms with E-state index in [2.05, 4.69) is 17.1 Å². The van der Waals surface area contributed by atoms with Crippen molar-refractivity contribution >= 4 is 29.3 Å². The number of aromatic nitrogens is 3. The minimum atomic E-state index is 0.140. The average Bonchev–Trinajstić information content (AvgIpc) is 3.21. The van der Waals surface area contributed by atoms with Crippen molar-refractivity contribution in [1.82, 2.24) is 19.7 Å². The molecule has 1 aliphatic heterocycles. The molecule has 0 radical (unpaired) electrons. The Morgan fingerprint density at radius 1 is 1.19 bits per heavy atom. The minimum absolute atomic E-state index is 0.140. The zero-order valence-electron chi connectivity index (χ0n) is 17.6. The van der Waals surface area contributed by atoms with Crippen molar-refractivity contribution in [2.45, 2.75) is 24.9 Å². The van der Waals surface area contributed by atoms with E-state index in [1.54, 1.807) is 7.11 Å². The first kappa shape index (κ1) is 21.7. The third-order valence-electron chi connectivity index (χ3n) is 5.40. The number of halogens is 1. The second-order valence-corrected chi connectivity index (χ2v) is 9.07. The summed E-state index contributed by atoms with van der Waals surface area (Å²) in [5.74, 6) is 2.38. The largest absolute Gasteiger partial charge is 0.496 e. The average molecular weight is 457 g/mol. The molecule has 0 bridgehead atoms. The monoisotopic (exact) mass is 456 g/mol. The van der Waals surface area contributed by atoms with Gasteiger partial charge in [-0.2, -0.15) is 0 Å². The van der Waals surface area contributed by atoms with Crippen LogP contribution in [0, 0.1) is 5.92 Å². The van der Waals surface area contributed by atoms with Crippen LogP contribution in [0.4, 0.5) is 0 Å². The summed E-state index contributed by atoms with van der Waals surface area (Å²) in [6, 6.07) is 15.2. The Morgan fingerprint density at radius 2 is 1.97 bits per heavy atom. The third kappa shape index (κ3) is 4.88. The maximum absolute atomic E-state index is 12.8. The molecule has 1 saturated heterocycles. The van der Waals surface area contributed by atoms with Crippen LogP contribution in [-0.2, 0) is 4.79 Å². The van der Waals surface area contributed by atoms with Gasteiger partial charge in [-0.3, -0.25) is 9.36 Å². The zero-order chi connectivity index (χ0) is 21.8. The van der Waals surface area contributed by atoms with Crippen molar-refractivity contribution in [2.24, 2.45) is 5.92 Å². The number of amides is 1. The number of para-hydroxylation sites is 1. The predicted molar refractivity (Wildman–Crippen MR) is 124 cm³/mol. The molecule has 0 saturated carbocycles. The number of carbonyl (C=O) groups is 1. The van der Waals surface area contributed by atoms with E-state index in [1.807, 2.05) is 58.0 Å². The summed E-state index contributed by atoms with van der Waals surface area (Å²) in [6.07, 6.45) is 2.25. The van der Waals surface area contributed by atoms with E-state index in [9.17, 15) is 4.79 Å². The lowest BCUT2D eigenvalue weighted by molar-refractivity contribution is -0.130. The fourth-order valence-electron chi connectivity index (χ4n) is 3.82. The quantitative estimate of drug-likeness (QED) is 0.491. The first-order chi connectivity index (χ1) is 15.1. The fourth-order valence-corrected chi connectivity index (χ4v) is 4.80. The van der Waals surface area contributed by atoms with Crippen LogP contribution in [0.25, 0.3) is 17.1 Å². The van der Waals surface area contributed by atoms with Gasteiger partial charge in [0.25, 0.3) is 0 Å². The van der Waals surface area contributed by atoms with Crippen molar-refractivity contribution in [1.29, 1.82) is 0 Å². The summed E-state index contributed by atoms with van der Waals surface area (Å²) in [5.41, 5.74) is 1.70. The number of methoxy groups -OCH3 is 1. The second kappa shape index (κ2) is 9.75. The molecule has 2 heterocycles. The number of hydrogen-bond donors (Lipinski definition) is 0.